The Morgan fingerprint density at radius 1 is 1.44 bits per heavy atom. The van der Waals surface area contributed by atoms with Crippen LogP contribution in [0.1, 0.15) is 30.1 Å². The number of carbonyl (C=O) groups excluding carboxylic acids is 1. The van der Waals surface area contributed by atoms with Gasteiger partial charge in [-0.2, -0.15) is 0 Å². The van der Waals surface area contributed by atoms with E-state index in [1.807, 2.05) is 18.2 Å². The molecule has 0 unspecified atom stereocenters. The smallest absolute Gasteiger partial charge is 0.225 e. The highest BCUT2D eigenvalue weighted by molar-refractivity contribution is 8.17. The topological polar surface area (TPSA) is 30.0 Å². The second-order valence-electron chi connectivity index (χ2n) is 3.94. The van der Waals surface area contributed by atoms with Crippen LogP contribution in [0, 0.1) is 0 Å². The molecule has 1 aliphatic carbocycles. The summed E-state index contributed by atoms with van der Waals surface area (Å²) in [4.78, 5) is 17.2. The molecule has 0 fully saturated rings. The zero-order valence-electron chi connectivity index (χ0n) is 10.3. The Morgan fingerprint density at radius 3 is 3.06 bits per heavy atom. The third kappa shape index (κ3) is 3.20. The maximum atomic E-state index is 12.1. The second-order valence-corrected chi connectivity index (χ2v) is 4.96. The minimum absolute atomic E-state index is 0.0515. The van der Waals surface area contributed by atoms with Crippen LogP contribution in [0.2, 0.25) is 0 Å². The number of carbonyl (C=O) groups is 1. The standard InChI is InChI=1S/C15H15NOS/c1-2-12-7-4-3-5-9-14(12)18-15(17)13-8-6-10-16-11-13/h3-6,8-11H,2,7H2,1H3. The summed E-state index contributed by atoms with van der Waals surface area (Å²) in [5.74, 6) is 0. The number of rotatable bonds is 3. The number of nitrogens with zero attached hydrogens (tertiary/aromatic N) is 1. The number of aromatic nitrogens is 1. The first-order valence-corrected chi connectivity index (χ1v) is 6.80. The molecule has 3 heteroatoms. The molecular weight excluding hydrogens is 242 g/mol. The molecule has 0 amide bonds. The van der Waals surface area contributed by atoms with Crippen LogP contribution >= 0.6 is 11.8 Å². The highest BCUT2D eigenvalue weighted by Crippen LogP contribution is 2.29. The molecule has 2 rings (SSSR count). The van der Waals surface area contributed by atoms with Gasteiger partial charge in [0.25, 0.3) is 0 Å². The molecule has 1 aliphatic rings. The average Bonchev–Trinajstić information content (AvgIpc) is 2.64. The van der Waals surface area contributed by atoms with Crippen molar-refractivity contribution < 1.29 is 4.79 Å². The zero-order valence-corrected chi connectivity index (χ0v) is 11.1. The molecular formula is C15H15NOS. The minimum Gasteiger partial charge on any atom is -0.281 e. The summed E-state index contributed by atoms with van der Waals surface area (Å²) < 4.78 is 0. The van der Waals surface area contributed by atoms with Gasteiger partial charge in [-0.05, 0) is 42.8 Å². The lowest BCUT2D eigenvalue weighted by Crippen LogP contribution is -1.95. The van der Waals surface area contributed by atoms with E-state index in [4.69, 9.17) is 0 Å². The molecule has 0 aliphatic heterocycles. The molecule has 0 radical (unpaired) electrons. The first-order valence-electron chi connectivity index (χ1n) is 5.98. The molecule has 0 saturated heterocycles. The van der Waals surface area contributed by atoms with E-state index in [2.05, 4.69) is 18.0 Å². The van der Waals surface area contributed by atoms with Crippen molar-refractivity contribution in [2.45, 2.75) is 19.8 Å². The van der Waals surface area contributed by atoms with Crippen LogP contribution in [0.3, 0.4) is 0 Å². The number of pyridine rings is 1. The summed E-state index contributed by atoms with van der Waals surface area (Å²) >= 11 is 1.29. The van der Waals surface area contributed by atoms with E-state index in [0.29, 0.717) is 5.56 Å². The van der Waals surface area contributed by atoms with Gasteiger partial charge in [-0.15, -0.1) is 0 Å². The summed E-state index contributed by atoms with van der Waals surface area (Å²) in [7, 11) is 0. The molecule has 0 saturated carbocycles. The van der Waals surface area contributed by atoms with Gasteiger partial charge in [0, 0.05) is 22.9 Å². The Bertz CT molecular complexity index is 515. The van der Waals surface area contributed by atoms with Crippen LogP contribution in [0.4, 0.5) is 0 Å². The van der Waals surface area contributed by atoms with Crippen molar-refractivity contribution in [2.75, 3.05) is 0 Å². The fourth-order valence-corrected chi connectivity index (χ4v) is 2.67. The van der Waals surface area contributed by atoms with Gasteiger partial charge >= 0.3 is 0 Å². The van der Waals surface area contributed by atoms with Gasteiger partial charge in [-0.25, -0.2) is 0 Å². The monoisotopic (exact) mass is 257 g/mol. The van der Waals surface area contributed by atoms with Gasteiger partial charge in [0.2, 0.25) is 5.12 Å². The molecule has 18 heavy (non-hydrogen) atoms. The molecule has 0 N–H and O–H groups in total. The summed E-state index contributed by atoms with van der Waals surface area (Å²) in [6.45, 7) is 2.12. The summed E-state index contributed by atoms with van der Waals surface area (Å²) in [6.07, 6.45) is 13.3. The van der Waals surface area contributed by atoms with Crippen LogP contribution in [-0.4, -0.2) is 10.1 Å². The van der Waals surface area contributed by atoms with Crippen molar-refractivity contribution in [1.29, 1.82) is 0 Å². The molecule has 92 valence electrons. The Hall–Kier alpha value is -1.61. The van der Waals surface area contributed by atoms with Gasteiger partial charge in [-0.1, -0.05) is 30.7 Å². The quantitative estimate of drug-likeness (QED) is 0.815. The summed E-state index contributed by atoms with van der Waals surface area (Å²) in [6, 6.07) is 3.58. The molecule has 2 nitrogen and oxygen atoms in total. The molecule has 0 atom stereocenters. The molecule has 1 aromatic heterocycles. The van der Waals surface area contributed by atoms with Crippen LogP contribution in [0.15, 0.2) is 59.3 Å². The van der Waals surface area contributed by atoms with E-state index in [1.165, 1.54) is 17.3 Å². The van der Waals surface area contributed by atoms with Gasteiger partial charge in [0.15, 0.2) is 0 Å². The van der Waals surface area contributed by atoms with Crippen LogP contribution in [0.5, 0.6) is 0 Å². The lowest BCUT2D eigenvalue weighted by molar-refractivity contribution is 0.108. The largest absolute Gasteiger partial charge is 0.281 e. The van der Waals surface area contributed by atoms with Crippen molar-refractivity contribution in [3.8, 4) is 0 Å². The highest BCUT2D eigenvalue weighted by atomic mass is 32.2. The fraction of sp³-hybridized carbons (Fsp3) is 0.200. The molecule has 1 heterocycles. The Balaban J connectivity index is 2.18. The van der Waals surface area contributed by atoms with Gasteiger partial charge in [0.05, 0.1) is 0 Å². The van der Waals surface area contributed by atoms with Crippen molar-refractivity contribution in [3.63, 3.8) is 0 Å². The molecule has 0 bridgehead atoms. The van der Waals surface area contributed by atoms with Crippen LogP contribution in [-0.2, 0) is 0 Å². The average molecular weight is 257 g/mol. The lowest BCUT2D eigenvalue weighted by atomic mass is 10.1. The van der Waals surface area contributed by atoms with E-state index >= 15 is 0 Å². The number of hydrogen-bond acceptors (Lipinski definition) is 3. The first-order chi connectivity index (χ1) is 8.81. The normalized spacial score (nSPS) is 14.7. The van der Waals surface area contributed by atoms with E-state index in [0.717, 1.165) is 17.7 Å². The Labute approximate surface area is 112 Å². The molecule has 0 aromatic carbocycles. The number of allylic oxidation sites excluding steroid dienone is 5. The van der Waals surface area contributed by atoms with E-state index in [1.54, 1.807) is 24.5 Å². The van der Waals surface area contributed by atoms with E-state index in [9.17, 15) is 4.79 Å². The van der Waals surface area contributed by atoms with Crippen molar-refractivity contribution in [1.82, 2.24) is 4.98 Å². The third-order valence-corrected chi connectivity index (χ3v) is 3.80. The predicted molar refractivity (Wildman–Crippen MR) is 76.4 cm³/mol. The first kappa shape index (κ1) is 12.8. The maximum absolute atomic E-state index is 12.1. The van der Waals surface area contributed by atoms with Crippen molar-refractivity contribution in [3.05, 3.63) is 64.9 Å². The zero-order chi connectivity index (χ0) is 12.8. The molecule has 0 spiro atoms. The third-order valence-electron chi connectivity index (χ3n) is 2.73. The predicted octanol–water partition coefficient (Wildman–Crippen LogP) is 4.14. The maximum Gasteiger partial charge on any atom is 0.225 e. The van der Waals surface area contributed by atoms with Crippen LogP contribution in [0.25, 0.3) is 0 Å². The van der Waals surface area contributed by atoms with Gasteiger partial charge < -0.3 is 0 Å². The van der Waals surface area contributed by atoms with Gasteiger partial charge in [0.1, 0.15) is 0 Å². The number of thioether (sulfide) groups is 1. The van der Waals surface area contributed by atoms with Crippen LogP contribution < -0.4 is 0 Å². The SMILES string of the molecule is CCC1=C(SC(=O)c2cccnc2)C=CC=CC1. The van der Waals surface area contributed by atoms with E-state index < -0.39 is 0 Å². The minimum atomic E-state index is 0.0515. The van der Waals surface area contributed by atoms with Gasteiger partial charge in [-0.3, -0.25) is 9.78 Å². The Kier molecular flexibility index (Phi) is 4.53. The second kappa shape index (κ2) is 6.36. The Morgan fingerprint density at radius 2 is 2.33 bits per heavy atom. The van der Waals surface area contributed by atoms with Crippen molar-refractivity contribution in [2.24, 2.45) is 0 Å². The highest BCUT2D eigenvalue weighted by Gasteiger charge is 2.12. The van der Waals surface area contributed by atoms with E-state index in [-0.39, 0.29) is 5.12 Å². The lowest BCUT2D eigenvalue weighted by Gasteiger charge is -2.07. The molecule has 1 aromatic rings. The van der Waals surface area contributed by atoms with Crippen molar-refractivity contribution >= 4 is 16.9 Å². The fourth-order valence-electron chi connectivity index (χ4n) is 1.72. The summed E-state index contributed by atoms with van der Waals surface area (Å²) in [5.41, 5.74) is 1.96. The summed E-state index contributed by atoms with van der Waals surface area (Å²) in [5, 5.41) is 0.0515. The number of hydrogen-bond donors (Lipinski definition) is 0.